The number of nitrogens with zero attached hydrogens (tertiary/aromatic N) is 3. The largest absolute Gasteiger partial charge is 0.367 e. The molecular weight excluding hydrogens is 388 g/mol. The summed E-state index contributed by atoms with van der Waals surface area (Å²) < 4.78 is 27.4. The van der Waals surface area contributed by atoms with Gasteiger partial charge in [-0.25, -0.2) is 8.42 Å². The number of carbonyl (C=O) groups is 1. The minimum Gasteiger partial charge on any atom is -0.367 e. The van der Waals surface area contributed by atoms with E-state index in [2.05, 4.69) is 22.0 Å². The van der Waals surface area contributed by atoms with E-state index < -0.39 is 10.0 Å². The molecule has 1 saturated heterocycles. The van der Waals surface area contributed by atoms with E-state index in [1.54, 1.807) is 12.1 Å². The van der Waals surface area contributed by atoms with Gasteiger partial charge in [0.1, 0.15) is 0 Å². The SMILES string of the molecule is CCN1CCN(c2ccc(S(=O)(=O)N(CC)CC)cc2NC(=O)C2CCC2)CC1. The Morgan fingerprint density at radius 1 is 1.10 bits per heavy atom. The first kappa shape index (κ1) is 22.1. The summed E-state index contributed by atoms with van der Waals surface area (Å²) in [4.78, 5) is 17.5. The Morgan fingerprint density at radius 3 is 2.28 bits per heavy atom. The molecule has 1 saturated carbocycles. The van der Waals surface area contributed by atoms with Gasteiger partial charge in [0.05, 0.1) is 16.3 Å². The summed E-state index contributed by atoms with van der Waals surface area (Å²) in [6.07, 6.45) is 2.90. The molecule has 1 aromatic carbocycles. The number of hydrogen-bond acceptors (Lipinski definition) is 5. The highest BCUT2D eigenvalue weighted by molar-refractivity contribution is 7.89. The van der Waals surface area contributed by atoms with Crippen molar-refractivity contribution in [1.82, 2.24) is 9.21 Å². The summed E-state index contributed by atoms with van der Waals surface area (Å²) in [5, 5.41) is 3.05. The van der Waals surface area contributed by atoms with Crippen molar-refractivity contribution in [2.45, 2.75) is 44.9 Å². The molecular formula is C21H34N4O3S. The fraction of sp³-hybridized carbons (Fsp3) is 0.667. The molecule has 29 heavy (non-hydrogen) atoms. The molecule has 8 heteroatoms. The minimum absolute atomic E-state index is 0.00193. The molecule has 0 radical (unpaired) electrons. The van der Waals surface area contributed by atoms with Gasteiger partial charge in [0, 0.05) is 45.2 Å². The lowest BCUT2D eigenvalue weighted by Crippen LogP contribution is -2.46. The molecule has 0 unspecified atom stereocenters. The lowest BCUT2D eigenvalue weighted by atomic mass is 9.85. The number of nitrogens with one attached hydrogen (secondary N) is 1. The Balaban J connectivity index is 1.91. The zero-order valence-electron chi connectivity index (χ0n) is 17.9. The van der Waals surface area contributed by atoms with Crippen LogP contribution in [0.1, 0.15) is 40.0 Å². The zero-order valence-corrected chi connectivity index (χ0v) is 18.7. The van der Waals surface area contributed by atoms with E-state index in [0.29, 0.717) is 18.8 Å². The van der Waals surface area contributed by atoms with E-state index in [9.17, 15) is 13.2 Å². The summed E-state index contributed by atoms with van der Waals surface area (Å²) in [6, 6.07) is 5.17. The second-order valence-corrected chi connectivity index (χ2v) is 9.74. The maximum absolute atomic E-state index is 13.0. The van der Waals surface area contributed by atoms with Gasteiger partial charge in [0.25, 0.3) is 0 Å². The van der Waals surface area contributed by atoms with Crippen molar-refractivity contribution in [2.24, 2.45) is 5.92 Å². The van der Waals surface area contributed by atoms with Crippen molar-refractivity contribution in [3.8, 4) is 0 Å². The molecule has 2 aliphatic rings. The lowest BCUT2D eigenvalue weighted by molar-refractivity contribution is -0.122. The second-order valence-electron chi connectivity index (χ2n) is 7.81. The highest BCUT2D eigenvalue weighted by Gasteiger charge is 2.28. The number of hydrogen-bond donors (Lipinski definition) is 1. The van der Waals surface area contributed by atoms with Gasteiger partial charge >= 0.3 is 0 Å². The molecule has 1 amide bonds. The van der Waals surface area contributed by atoms with E-state index in [1.165, 1.54) is 4.31 Å². The standard InChI is InChI=1S/C21H34N4O3S/c1-4-23-12-14-24(15-13-23)20-11-10-18(29(27,28)25(5-2)6-3)16-19(20)22-21(26)17-8-7-9-17/h10-11,16-17H,4-9,12-15H2,1-3H3,(H,22,26). The molecule has 1 heterocycles. The van der Waals surface area contributed by atoms with Gasteiger partial charge in [-0.15, -0.1) is 0 Å². The van der Waals surface area contributed by atoms with E-state index in [0.717, 1.165) is 57.7 Å². The Morgan fingerprint density at radius 2 is 1.76 bits per heavy atom. The first-order chi connectivity index (χ1) is 13.9. The summed E-state index contributed by atoms with van der Waals surface area (Å²) in [5.41, 5.74) is 1.52. The third-order valence-electron chi connectivity index (χ3n) is 6.21. The van der Waals surface area contributed by atoms with Crippen molar-refractivity contribution in [3.63, 3.8) is 0 Å². The number of sulfonamides is 1. The molecule has 2 fully saturated rings. The molecule has 0 spiro atoms. The molecule has 0 bridgehead atoms. The Bertz CT molecular complexity index is 811. The summed E-state index contributed by atoms with van der Waals surface area (Å²) in [7, 11) is -3.58. The summed E-state index contributed by atoms with van der Waals surface area (Å²) >= 11 is 0. The van der Waals surface area contributed by atoms with E-state index in [4.69, 9.17) is 0 Å². The first-order valence-corrected chi connectivity index (χ1v) is 12.3. The number of anilines is 2. The molecule has 1 aromatic rings. The summed E-state index contributed by atoms with van der Waals surface area (Å²) in [5.74, 6) is 0.0462. The van der Waals surface area contributed by atoms with Crippen LogP contribution in [0.2, 0.25) is 0 Å². The minimum atomic E-state index is -3.58. The number of likely N-dealkylation sites (N-methyl/N-ethyl adjacent to an activating group) is 1. The average Bonchev–Trinajstić information content (AvgIpc) is 2.67. The highest BCUT2D eigenvalue weighted by atomic mass is 32.2. The number of amides is 1. The molecule has 1 aliphatic heterocycles. The number of piperazine rings is 1. The van der Waals surface area contributed by atoms with Crippen LogP contribution in [0.15, 0.2) is 23.1 Å². The van der Waals surface area contributed by atoms with E-state index >= 15 is 0 Å². The molecule has 0 aromatic heterocycles. The van der Waals surface area contributed by atoms with Crippen LogP contribution >= 0.6 is 0 Å². The van der Waals surface area contributed by atoms with Gasteiger partial charge in [-0.05, 0) is 37.6 Å². The van der Waals surface area contributed by atoms with Crippen molar-refractivity contribution in [2.75, 3.05) is 56.0 Å². The third kappa shape index (κ3) is 4.75. The predicted molar refractivity (Wildman–Crippen MR) is 117 cm³/mol. The quantitative estimate of drug-likeness (QED) is 0.697. The average molecular weight is 423 g/mol. The third-order valence-corrected chi connectivity index (χ3v) is 8.25. The van der Waals surface area contributed by atoms with E-state index in [-0.39, 0.29) is 16.7 Å². The maximum atomic E-state index is 13.0. The molecule has 0 atom stereocenters. The Labute approximate surface area is 175 Å². The highest BCUT2D eigenvalue weighted by Crippen LogP contribution is 2.33. The monoisotopic (exact) mass is 422 g/mol. The van der Waals surface area contributed by atoms with Crippen molar-refractivity contribution < 1.29 is 13.2 Å². The molecule has 3 rings (SSSR count). The van der Waals surface area contributed by atoms with Crippen LogP contribution in [0.3, 0.4) is 0 Å². The van der Waals surface area contributed by atoms with Crippen LogP contribution in [0.25, 0.3) is 0 Å². The zero-order chi connectivity index (χ0) is 21.0. The van der Waals surface area contributed by atoms with Gasteiger partial charge in [-0.3, -0.25) is 4.79 Å². The summed E-state index contributed by atoms with van der Waals surface area (Å²) in [6.45, 7) is 11.4. The fourth-order valence-corrected chi connectivity index (χ4v) is 5.46. The fourth-order valence-electron chi connectivity index (χ4n) is 3.97. The number of carbonyl (C=O) groups excluding carboxylic acids is 1. The topological polar surface area (TPSA) is 73.0 Å². The molecule has 1 N–H and O–H groups in total. The van der Waals surface area contributed by atoms with E-state index in [1.807, 2.05) is 19.9 Å². The lowest BCUT2D eigenvalue weighted by Gasteiger charge is -2.37. The van der Waals surface area contributed by atoms with Gasteiger partial charge in [-0.2, -0.15) is 4.31 Å². The van der Waals surface area contributed by atoms with Gasteiger partial charge in [-0.1, -0.05) is 27.2 Å². The maximum Gasteiger partial charge on any atom is 0.243 e. The van der Waals surface area contributed by atoms with Gasteiger partial charge in [0.15, 0.2) is 0 Å². The van der Waals surface area contributed by atoms with Crippen LogP contribution in [-0.2, 0) is 14.8 Å². The predicted octanol–water partition coefficient (Wildman–Crippen LogP) is 2.60. The smallest absolute Gasteiger partial charge is 0.243 e. The van der Waals surface area contributed by atoms with Crippen LogP contribution in [-0.4, -0.2) is 69.3 Å². The van der Waals surface area contributed by atoms with Gasteiger partial charge in [0.2, 0.25) is 15.9 Å². The van der Waals surface area contributed by atoms with Crippen molar-refractivity contribution in [3.05, 3.63) is 18.2 Å². The first-order valence-electron chi connectivity index (χ1n) is 10.8. The van der Waals surface area contributed by atoms with Crippen LogP contribution in [0.5, 0.6) is 0 Å². The van der Waals surface area contributed by atoms with Crippen LogP contribution in [0, 0.1) is 5.92 Å². The van der Waals surface area contributed by atoms with Crippen LogP contribution < -0.4 is 10.2 Å². The molecule has 1 aliphatic carbocycles. The molecule has 162 valence electrons. The van der Waals surface area contributed by atoms with Crippen molar-refractivity contribution in [1.29, 1.82) is 0 Å². The number of rotatable bonds is 8. The van der Waals surface area contributed by atoms with Crippen LogP contribution in [0.4, 0.5) is 11.4 Å². The normalized spacial score (nSPS) is 18.7. The number of benzene rings is 1. The second kappa shape index (κ2) is 9.45. The van der Waals surface area contributed by atoms with Gasteiger partial charge < -0.3 is 15.1 Å². The Hall–Kier alpha value is -1.64. The molecule has 7 nitrogen and oxygen atoms in total. The Kier molecular flexibility index (Phi) is 7.19. The van der Waals surface area contributed by atoms with Crippen molar-refractivity contribution >= 4 is 27.3 Å².